The van der Waals surface area contributed by atoms with Gasteiger partial charge in [0.15, 0.2) is 0 Å². The maximum Gasteiger partial charge on any atom is 0.254 e. The molecular weight excluding hydrogens is 338 g/mol. The minimum absolute atomic E-state index is 0.103. The summed E-state index contributed by atoms with van der Waals surface area (Å²) in [5.74, 6) is 0.0525. The molecule has 0 fully saturated rings. The molecule has 0 aliphatic rings. The van der Waals surface area contributed by atoms with Crippen molar-refractivity contribution in [2.75, 3.05) is 13.2 Å². The first kappa shape index (κ1) is 19.5. The smallest absolute Gasteiger partial charge is 0.254 e. The maximum absolute atomic E-state index is 12.5. The molecule has 1 aromatic carbocycles. The van der Waals surface area contributed by atoms with Crippen LogP contribution in [0.3, 0.4) is 0 Å². The Morgan fingerprint density at radius 3 is 2.52 bits per heavy atom. The van der Waals surface area contributed by atoms with Crippen molar-refractivity contribution in [3.8, 4) is 5.69 Å². The van der Waals surface area contributed by atoms with Gasteiger partial charge in [0.05, 0.1) is 29.2 Å². The van der Waals surface area contributed by atoms with Crippen molar-refractivity contribution >= 4 is 17.5 Å². The Labute approximate surface area is 154 Å². The number of rotatable bonds is 8. The lowest BCUT2D eigenvalue weighted by atomic mass is 10.0. The van der Waals surface area contributed by atoms with Crippen molar-refractivity contribution in [2.24, 2.45) is 0 Å². The molecular formula is C19H26ClN3O2. The SMILES string of the molecule is CC(C)OCCCNC(=O)c1cnn(-c2ccc(Cl)cc2)c1C(C)C. The fraction of sp³-hybridized carbons (Fsp3) is 0.474. The predicted molar refractivity (Wildman–Crippen MR) is 101 cm³/mol. The normalized spacial score (nSPS) is 11.3. The lowest BCUT2D eigenvalue weighted by molar-refractivity contribution is 0.0757. The van der Waals surface area contributed by atoms with Crippen LogP contribution in [0.2, 0.25) is 5.02 Å². The first-order valence-electron chi connectivity index (χ1n) is 8.63. The van der Waals surface area contributed by atoms with Crippen LogP contribution >= 0.6 is 11.6 Å². The van der Waals surface area contributed by atoms with Gasteiger partial charge in [0.1, 0.15) is 0 Å². The number of nitrogens with one attached hydrogen (secondary N) is 1. The molecule has 0 saturated heterocycles. The van der Waals surface area contributed by atoms with Crippen LogP contribution < -0.4 is 5.32 Å². The highest BCUT2D eigenvalue weighted by atomic mass is 35.5. The van der Waals surface area contributed by atoms with Gasteiger partial charge in [-0.3, -0.25) is 4.79 Å². The molecule has 25 heavy (non-hydrogen) atoms. The van der Waals surface area contributed by atoms with E-state index in [0.717, 1.165) is 17.8 Å². The van der Waals surface area contributed by atoms with Crippen molar-refractivity contribution in [3.05, 3.63) is 46.7 Å². The first-order chi connectivity index (χ1) is 11.9. The summed E-state index contributed by atoms with van der Waals surface area (Å²) in [7, 11) is 0. The van der Waals surface area contributed by atoms with Crippen LogP contribution in [0, 0.1) is 0 Å². The van der Waals surface area contributed by atoms with Crippen molar-refractivity contribution in [1.82, 2.24) is 15.1 Å². The largest absolute Gasteiger partial charge is 0.379 e. The highest BCUT2D eigenvalue weighted by Crippen LogP contribution is 2.24. The fourth-order valence-corrected chi connectivity index (χ4v) is 2.69. The number of carbonyl (C=O) groups excluding carboxylic acids is 1. The van der Waals surface area contributed by atoms with Gasteiger partial charge < -0.3 is 10.1 Å². The van der Waals surface area contributed by atoms with Crippen LogP contribution in [-0.4, -0.2) is 34.9 Å². The average Bonchev–Trinajstić information content (AvgIpc) is 3.00. The zero-order valence-corrected chi connectivity index (χ0v) is 16.0. The predicted octanol–water partition coefficient (Wildman–Crippen LogP) is 4.19. The fourth-order valence-electron chi connectivity index (χ4n) is 2.56. The lowest BCUT2D eigenvalue weighted by Gasteiger charge is -2.13. The Hall–Kier alpha value is -1.85. The quantitative estimate of drug-likeness (QED) is 0.715. The molecule has 6 heteroatoms. The standard InChI is InChI=1S/C19H26ClN3O2/c1-13(2)18-17(19(24)21-10-5-11-25-14(3)4)12-22-23(18)16-8-6-15(20)7-9-16/h6-9,12-14H,5,10-11H2,1-4H3,(H,21,24). The van der Waals surface area contributed by atoms with E-state index in [4.69, 9.17) is 16.3 Å². The van der Waals surface area contributed by atoms with Crippen molar-refractivity contribution in [3.63, 3.8) is 0 Å². The van der Waals surface area contributed by atoms with E-state index in [2.05, 4.69) is 24.3 Å². The number of nitrogens with zero attached hydrogens (tertiary/aromatic N) is 2. The monoisotopic (exact) mass is 363 g/mol. The van der Waals surface area contributed by atoms with E-state index in [1.807, 2.05) is 38.1 Å². The number of hydrogen-bond acceptors (Lipinski definition) is 3. The zero-order chi connectivity index (χ0) is 18.4. The molecule has 1 aromatic heterocycles. The van der Waals surface area contributed by atoms with E-state index in [-0.39, 0.29) is 17.9 Å². The van der Waals surface area contributed by atoms with Crippen LogP contribution in [0.15, 0.2) is 30.5 Å². The summed E-state index contributed by atoms with van der Waals surface area (Å²) in [6, 6.07) is 7.42. The number of aromatic nitrogens is 2. The molecule has 1 heterocycles. The molecule has 2 rings (SSSR count). The van der Waals surface area contributed by atoms with Crippen LogP contribution in [0.25, 0.3) is 5.69 Å². The minimum Gasteiger partial charge on any atom is -0.379 e. The van der Waals surface area contributed by atoms with Gasteiger partial charge in [0.25, 0.3) is 5.91 Å². The molecule has 2 aromatic rings. The number of carbonyl (C=O) groups is 1. The van der Waals surface area contributed by atoms with E-state index < -0.39 is 0 Å². The topological polar surface area (TPSA) is 56.1 Å². The van der Waals surface area contributed by atoms with Crippen LogP contribution in [-0.2, 0) is 4.74 Å². The molecule has 0 saturated carbocycles. The maximum atomic E-state index is 12.5. The number of amides is 1. The number of hydrogen-bond donors (Lipinski definition) is 1. The van der Waals surface area contributed by atoms with Gasteiger partial charge in [-0.2, -0.15) is 5.10 Å². The summed E-state index contributed by atoms with van der Waals surface area (Å²) >= 11 is 5.96. The summed E-state index contributed by atoms with van der Waals surface area (Å²) in [6.07, 6.45) is 2.62. The van der Waals surface area contributed by atoms with E-state index in [9.17, 15) is 4.79 Å². The molecule has 1 amide bonds. The Kier molecular flexibility index (Phi) is 7.02. The Morgan fingerprint density at radius 2 is 1.92 bits per heavy atom. The molecule has 0 atom stereocenters. The molecule has 136 valence electrons. The van der Waals surface area contributed by atoms with Crippen LogP contribution in [0.4, 0.5) is 0 Å². The minimum atomic E-state index is -0.103. The zero-order valence-electron chi connectivity index (χ0n) is 15.3. The Morgan fingerprint density at radius 1 is 1.24 bits per heavy atom. The molecule has 5 nitrogen and oxygen atoms in total. The highest BCUT2D eigenvalue weighted by molar-refractivity contribution is 6.30. The molecule has 1 N–H and O–H groups in total. The van der Waals surface area contributed by atoms with Crippen molar-refractivity contribution in [2.45, 2.75) is 46.1 Å². The highest BCUT2D eigenvalue weighted by Gasteiger charge is 2.20. The van der Waals surface area contributed by atoms with E-state index in [1.165, 1.54) is 0 Å². The molecule has 0 aliphatic heterocycles. The van der Waals surface area contributed by atoms with E-state index in [1.54, 1.807) is 10.9 Å². The van der Waals surface area contributed by atoms with Crippen LogP contribution in [0.5, 0.6) is 0 Å². The third-order valence-corrected chi connectivity index (χ3v) is 3.98. The Balaban J connectivity index is 2.10. The lowest BCUT2D eigenvalue weighted by Crippen LogP contribution is -2.26. The second-order valence-electron chi connectivity index (χ2n) is 6.52. The third kappa shape index (κ3) is 5.31. The van der Waals surface area contributed by atoms with Gasteiger partial charge in [-0.15, -0.1) is 0 Å². The molecule has 0 spiro atoms. The van der Waals surface area contributed by atoms with E-state index >= 15 is 0 Å². The number of ether oxygens (including phenoxy) is 1. The molecule has 0 unspecified atom stereocenters. The summed E-state index contributed by atoms with van der Waals surface area (Å²) in [6.45, 7) is 9.32. The Bertz CT molecular complexity index is 693. The summed E-state index contributed by atoms with van der Waals surface area (Å²) in [4.78, 5) is 12.5. The van der Waals surface area contributed by atoms with Gasteiger partial charge in [0.2, 0.25) is 0 Å². The summed E-state index contributed by atoms with van der Waals surface area (Å²) in [5, 5.41) is 8.03. The number of benzene rings is 1. The molecule has 0 aliphatic carbocycles. The second kappa shape index (κ2) is 9.02. The van der Waals surface area contributed by atoms with Gasteiger partial charge in [-0.05, 0) is 50.5 Å². The average molecular weight is 364 g/mol. The molecule has 0 bridgehead atoms. The van der Waals surface area contributed by atoms with Gasteiger partial charge >= 0.3 is 0 Å². The van der Waals surface area contributed by atoms with Gasteiger partial charge in [-0.25, -0.2) is 4.68 Å². The number of halogens is 1. The summed E-state index contributed by atoms with van der Waals surface area (Å²) in [5.41, 5.74) is 2.38. The van der Waals surface area contributed by atoms with Gasteiger partial charge in [0, 0.05) is 18.2 Å². The van der Waals surface area contributed by atoms with Crippen molar-refractivity contribution < 1.29 is 9.53 Å². The summed E-state index contributed by atoms with van der Waals surface area (Å²) < 4.78 is 7.29. The van der Waals surface area contributed by atoms with Crippen LogP contribution in [0.1, 0.15) is 56.1 Å². The van der Waals surface area contributed by atoms with Gasteiger partial charge in [-0.1, -0.05) is 25.4 Å². The first-order valence-corrected chi connectivity index (χ1v) is 9.01. The third-order valence-electron chi connectivity index (χ3n) is 3.73. The van der Waals surface area contributed by atoms with E-state index in [0.29, 0.717) is 23.7 Å². The second-order valence-corrected chi connectivity index (χ2v) is 6.95. The van der Waals surface area contributed by atoms with Crippen molar-refractivity contribution in [1.29, 1.82) is 0 Å². The molecule has 0 radical (unpaired) electrons.